The maximum Gasteiger partial charge on any atom is 0.360 e. The molecule has 2 aromatic carbocycles. The van der Waals surface area contributed by atoms with Crippen LogP contribution < -0.4 is 0 Å². The van der Waals surface area contributed by atoms with Gasteiger partial charge in [0.15, 0.2) is 0 Å². The monoisotopic (exact) mass is 500 g/mol. The van der Waals surface area contributed by atoms with E-state index in [9.17, 15) is 13.2 Å². The van der Waals surface area contributed by atoms with Crippen molar-refractivity contribution < 1.29 is 17.9 Å². The van der Waals surface area contributed by atoms with Crippen LogP contribution in [0.4, 0.5) is 13.2 Å². The molecule has 2 saturated carbocycles. The highest BCUT2D eigenvalue weighted by atomic mass is 19.3. The zero-order chi connectivity index (χ0) is 25.5. The average Bonchev–Trinajstić information content (AvgIpc) is 2.89. The van der Waals surface area contributed by atoms with E-state index in [4.69, 9.17) is 4.74 Å². The van der Waals surface area contributed by atoms with Crippen LogP contribution in [0.3, 0.4) is 0 Å². The largest absolute Gasteiger partial charge is 0.360 e. The van der Waals surface area contributed by atoms with Crippen LogP contribution in [0.1, 0.15) is 119 Å². The van der Waals surface area contributed by atoms with Crippen molar-refractivity contribution in [2.24, 2.45) is 11.8 Å². The molecule has 2 aliphatic rings. The van der Waals surface area contributed by atoms with Gasteiger partial charge < -0.3 is 4.74 Å². The molecule has 2 aliphatic carbocycles. The number of ether oxygens (including phenoxy) is 1. The van der Waals surface area contributed by atoms with Gasteiger partial charge in [0.1, 0.15) is 5.82 Å². The van der Waals surface area contributed by atoms with Crippen LogP contribution in [-0.4, -0.2) is 6.11 Å². The van der Waals surface area contributed by atoms with E-state index in [2.05, 4.69) is 13.8 Å². The summed E-state index contributed by atoms with van der Waals surface area (Å²) in [6, 6.07) is 12.6. The van der Waals surface area contributed by atoms with E-state index in [-0.39, 0.29) is 5.56 Å². The zero-order valence-corrected chi connectivity index (χ0v) is 22.1. The number of hydrogen-bond donors (Lipinski definition) is 0. The minimum Gasteiger partial charge on any atom is -0.315 e. The lowest BCUT2D eigenvalue weighted by Crippen LogP contribution is -2.24. The summed E-state index contributed by atoms with van der Waals surface area (Å²) >= 11 is 0. The first-order valence-corrected chi connectivity index (χ1v) is 14.3. The van der Waals surface area contributed by atoms with Crippen molar-refractivity contribution in [1.82, 2.24) is 0 Å². The zero-order valence-electron chi connectivity index (χ0n) is 22.1. The van der Waals surface area contributed by atoms with Crippen molar-refractivity contribution >= 4 is 0 Å². The molecule has 0 radical (unpaired) electrons. The van der Waals surface area contributed by atoms with E-state index in [1.807, 2.05) is 18.2 Å². The van der Waals surface area contributed by atoms with Gasteiger partial charge in [-0.2, -0.15) is 8.78 Å². The smallest absolute Gasteiger partial charge is 0.315 e. The van der Waals surface area contributed by atoms with Crippen LogP contribution in [0.15, 0.2) is 42.5 Å². The molecule has 2 fully saturated rings. The van der Waals surface area contributed by atoms with E-state index < -0.39 is 25.0 Å². The second-order valence-corrected chi connectivity index (χ2v) is 11.3. The molecule has 198 valence electrons. The molecular formula is C32H43F3O. The molecule has 0 bridgehead atoms. The normalized spacial score (nSPS) is 25.1. The van der Waals surface area contributed by atoms with Gasteiger partial charge in [-0.3, -0.25) is 0 Å². The van der Waals surface area contributed by atoms with Gasteiger partial charge >= 0.3 is 6.11 Å². The van der Waals surface area contributed by atoms with Gasteiger partial charge in [-0.1, -0.05) is 69.5 Å². The summed E-state index contributed by atoms with van der Waals surface area (Å²) in [6.45, 7) is 4.04. The maximum absolute atomic E-state index is 14.7. The van der Waals surface area contributed by atoms with Crippen molar-refractivity contribution in [2.75, 3.05) is 0 Å². The number of hydrogen-bond acceptors (Lipinski definition) is 1. The summed E-state index contributed by atoms with van der Waals surface area (Å²) in [5, 5.41) is 0. The first-order valence-electron chi connectivity index (χ1n) is 14.3. The van der Waals surface area contributed by atoms with Crippen LogP contribution in [0.5, 0.6) is 0 Å². The van der Waals surface area contributed by atoms with Gasteiger partial charge in [-0.25, -0.2) is 4.39 Å². The number of alkyl halides is 2. The van der Waals surface area contributed by atoms with Gasteiger partial charge in [0.05, 0.1) is 13.0 Å². The Kier molecular flexibility index (Phi) is 9.55. The lowest BCUT2D eigenvalue weighted by molar-refractivity contribution is -0.244. The molecule has 0 spiro atoms. The van der Waals surface area contributed by atoms with E-state index in [1.165, 1.54) is 69.4 Å². The Morgan fingerprint density at radius 3 is 1.94 bits per heavy atom. The molecule has 0 saturated heterocycles. The van der Waals surface area contributed by atoms with Gasteiger partial charge in [-0.15, -0.1) is 0 Å². The molecule has 0 amide bonds. The molecule has 36 heavy (non-hydrogen) atoms. The summed E-state index contributed by atoms with van der Waals surface area (Å²) in [4.78, 5) is 0. The fourth-order valence-corrected chi connectivity index (χ4v) is 6.41. The summed E-state index contributed by atoms with van der Waals surface area (Å²) in [5.41, 5.74) is 2.97. The maximum atomic E-state index is 14.7. The van der Waals surface area contributed by atoms with Crippen LogP contribution in [-0.2, 0) is 17.8 Å². The van der Waals surface area contributed by atoms with Crippen LogP contribution in [0.25, 0.3) is 0 Å². The highest BCUT2D eigenvalue weighted by Gasteiger charge is 2.31. The van der Waals surface area contributed by atoms with Crippen molar-refractivity contribution in [3.05, 3.63) is 70.5 Å². The lowest BCUT2D eigenvalue weighted by Gasteiger charge is -2.28. The SMILES string of the molecule is CCCC1CCC(c2ccc(CC(F)(F)OCc3ccc(C4CCC(CC)CC4)cc3F)cc2)CC1. The Morgan fingerprint density at radius 2 is 1.36 bits per heavy atom. The Balaban J connectivity index is 1.27. The number of benzene rings is 2. The van der Waals surface area contributed by atoms with Gasteiger partial charge in [0.25, 0.3) is 0 Å². The molecule has 0 N–H and O–H groups in total. The van der Waals surface area contributed by atoms with Crippen molar-refractivity contribution in [2.45, 2.75) is 115 Å². The van der Waals surface area contributed by atoms with E-state index in [0.29, 0.717) is 17.4 Å². The fourth-order valence-electron chi connectivity index (χ4n) is 6.41. The standard InChI is InChI=1S/C32H43F3O/c1-3-5-24-8-14-26(15-9-24)27-16-10-25(11-17-27)21-32(34,35)36-22-30-19-18-29(20-31(30)33)28-12-6-23(4-2)7-13-28/h10-11,16-20,23-24,26,28H,3-9,12-15,21-22H2,1-2H3. The molecule has 4 rings (SSSR count). The van der Waals surface area contributed by atoms with Crippen LogP contribution >= 0.6 is 0 Å². The van der Waals surface area contributed by atoms with Crippen LogP contribution in [0, 0.1) is 17.7 Å². The minimum absolute atomic E-state index is 0.190. The predicted octanol–water partition coefficient (Wildman–Crippen LogP) is 9.94. The molecule has 0 aromatic heterocycles. The summed E-state index contributed by atoms with van der Waals surface area (Å²) in [5.74, 6) is 2.09. The van der Waals surface area contributed by atoms with Gasteiger partial charge in [0.2, 0.25) is 0 Å². The third-order valence-corrected chi connectivity index (χ3v) is 8.82. The van der Waals surface area contributed by atoms with E-state index in [0.717, 1.165) is 30.2 Å². The molecular weight excluding hydrogens is 457 g/mol. The minimum atomic E-state index is -3.34. The Labute approximate surface area is 215 Å². The van der Waals surface area contributed by atoms with Crippen molar-refractivity contribution in [3.8, 4) is 0 Å². The Bertz CT molecular complexity index is 938. The van der Waals surface area contributed by atoms with Crippen molar-refractivity contribution in [3.63, 3.8) is 0 Å². The quantitative estimate of drug-likeness (QED) is 0.315. The molecule has 4 heteroatoms. The topological polar surface area (TPSA) is 9.23 Å². The van der Waals surface area contributed by atoms with Gasteiger partial charge in [-0.05, 0) is 97.8 Å². The van der Waals surface area contributed by atoms with E-state index in [1.54, 1.807) is 18.2 Å². The molecule has 0 aliphatic heterocycles. The highest BCUT2D eigenvalue weighted by molar-refractivity contribution is 5.28. The second-order valence-electron chi connectivity index (χ2n) is 11.3. The Morgan fingerprint density at radius 1 is 0.778 bits per heavy atom. The molecule has 2 aromatic rings. The molecule has 1 nitrogen and oxygen atoms in total. The average molecular weight is 501 g/mol. The van der Waals surface area contributed by atoms with Crippen molar-refractivity contribution in [1.29, 1.82) is 0 Å². The third kappa shape index (κ3) is 7.37. The molecule has 0 heterocycles. The Hall–Kier alpha value is -1.81. The third-order valence-electron chi connectivity index (χ3n) is 8.82. The fraction of sp³-hybridized carbons (Fsp3) is 0.625. The number of rotatable bonds is 10. The highest BCUT2D eigenvalue weighted by Crippen LogP contribution is 2.39. The second kappa shape index (κ2) is 12.6. The first kappa shape index (κ1) is 27.2. The van der Waals surface area contributed by atoms with E-state index >= 15 is 0 Å². The predicted molar refractivity (Wildman–Crippen MR) is 141 cm³/mol. The van der Waals surface area contributed by atoms with Gasteiger partial charge in [0, 0.05) is 5.56 Å². The first-order chi connectivity index (χ1) is 17.4. The summed E-state index contributed by atoms with van der Waals surface area (Å²) in [7, 11) is 0. The number of halogens is 3. The molecule has 0 atom stereocenters. The molecule has 0 unspecified atom stereocenters. The van der Waals surface area contributed by atoms with Crippen LogP contribution in [0.2, 0.25) is 0 Å². The summed E-state index contributed by atoms with van der Waals surface area (Å²) < 4.78 is 48.8. The lowest BCUT2D eigenvalue weighted by atomic mass is 9.77. The summed E-state index contributed by atoms with van der Waals surface area (Å²) in [6.07, 6.45) is 9.34.